The van der Waals surface area contributed by atoms with E-state index in [1.54, 1.807) is 0 Å². The van der Waals surface area contributed by atoms with E-state index in [4.69, 9.17) is 5.73 Å². The van der Waals surface area contributed by atoms with Crippen LogP contribution < -0.4 is 16.4 Å². The molecule has 0 aromatic rings. The number of nitrogens with one attached hydrogen (secondary N) is 2. The second-order valence-corrected chi connectivity index (χ2v) is 4.63. The lowest BCUT2D eigenvalue weighted by atomic mass is 10.0. The smallest absolute Gasteiger partial charge is 0.239 e. The summed E-state index contributed by atoms with van der Waals surface area (Å²) in [5, 5.41) is 5.55. The summed E-state index contributed by atoms with van der Waals surface area (Å²) < 4.78 is 0. The van der Waals surface area contributed by atoms with E-state index in [1.807, 2.05) is 6.92 Å². The summed E-state index contributed by atoms with van der Waals surface area (Å²) in [7, 11) is 0. The minimum absolute atomic E-state index is 0. The average Bonchev–Trinajstić information content (AvgIpc) is 2.74. The fourth-order valence-electron chi connectivity index (χ4n) is 2.26. The highest BCUT2D eigenvalue weighted by atomic mass is 35.5. The molecular weight excluding hydrogens is 254 g/mol. The van der Waals surface area contributed by atoms with Crippen LogP contribution in [0.4, 0.5) is 0 Å². The number of halogens is 1. The average molecular weight is 278 g/mol. The van der Waals surface area contributed by atoms with Crippen molar-refractivity contribution in [1.29, 1.82) is 0 Å². The third kappa shape index (κ3) is 5.69. The van der Waals surface area contributed by atoms with Crippen molar-refractivity contribution in [2.45, 2.75) is 45.1 Å². The Morgan fingerprint density at radius 2 is 2.00 bits per heavy atom. The molecule has 2 amide bonds. The molecule has 0 aliphatic heterocycles. The first kappa shape index (κ1) is 17.2. The molecule has 1 aliphatic rings. The fraction of sp³-hybridized carbons (Fsp3) is 0.833. The molecule has 0 saturated heterocycles. The SMILES string of the molecule is CCCC(=O)NCC(=O)NC1CCCC1CN.Cl. The maximum Gasteiger partial charge on any atom is 0.239 e. The molecule has 1 rings (SSSR count). The van der Waals surface area contributed by atoms with Crippen LogP contribution in [-0.2, 0) is 9.59 Å². The number of carbonyl (C=O) groups is 2. The number of rotatable bonds is 6. The summed E-state index contributed by atoms with van der Waals surface area (Å²) in [6.07, 6.45) is 4.47. The van der Waals surface area contributed by atoms with E-state index in [-0.39, 0.29) is 36.8 Å². The highest BCUT2D eigenvalue weighted by Crippen LogP contribution is 2.24. The number of hydrogen-bond acceptors (Lipinski definition) is 3. The van der Waals surface area contributed by atoms with Gasteiger partial charge in [0, 0.05) is 12.5 Å². The van der Waals surface area contributed by atoms with Crippen LogP contribution in [0.5, 0.6) is 0 Å². The molecule has 2 atom stereocenters. The maximum atomic E-state index is 11.6. The van der Waals surface area contributed by atoms with Crippen molar-refractivity contribution in [3.63, 3.8) is 0 Å². The Labute approximate surface area is 115 Å². The Kier molecular flexibility index (Phi) is 8.75. The second kappa shape index (κ2) is 9.16. The molecule has 0 spiro atoms. The molecular formula is C12H24ClN3O2. The number of nitrogens with two attached hydrogens (primary N) is 1. The normalized spacial score (nSPS) is 22.1. The fourth-order valence-corrected chi connectivity index (χ4v) is 2.26. The first-order chi connectivity index (χ1) is 8.17. The van der Waals surface area contributed by atoms with Crippen molar-refractivity contribution in [3.8, 4) is 0 Å². The van der Waals surface area contributed by atoms with E-state index in [0.29, 0.717) is 18.9 Å². The van der Waals surface area contributed by atoms with E-state index < -0.39 is 0 Å². The standard InChI is InChI=1S/C12H23N3O2.ClH/c1-2-4-11(16)14-8-12(17)15-10-6-3-5-9(10)7-13;/h9-10H,2-8,13H2,1H3,(H,14,16)(H,15,17);1H. The van der Waals surface area contributed by atoms with Gasteiger partial charge in [0.2, 0.25) is 11.8 Å². The van der Waals surface area contributed by atoms with Crippen LogP contribution in [0.3, 0.4) is 0 Å². The van der Waals surface area contributed by atoms with Crippen LogP contribution >= 0.6 is 12.4 Å². The Hall–Kier alpha value is -0.810. The van der Waals surface area contributed by atoms with Crippen molar-refractivity contribution in [3.05, 3.63) is 0 Å². The van der Waals surface area contributed by atoms with Gasteiger partial charge in [-0.2, -0.15) is 0 Å². The van der Waals surface area contributed by atoms with Gasteiger partial charge in [0.15, 0.2) is 0 Å². The Balaban J connectivity index is 0.00000289. The molecule has 0 aromatic carbocycles. The monoisotopic (exact) mass is 277 g/mol. The van der Waals surface area contributed by atoms with Crippen molar-refractivity contribution >= 4 is 24.2 Å². The van der Waals surface area contributed by atoms with Crippen LogP contribution in [0, 0.1) is 5.92 Å². The van der Waals surface area contributed by atoms with Crippen molar-refractivity contribution in [2.75, 3.05) is 13.1 Å². The predicted molar refractivity (Wildman–Crippen MR) is 73.5 cm³/mol. The Bertz CT molecular complexity index is 274. The van der Waals surface area contributed by atoms with E-state index in [0.717, 1.165) is 25.7 Å². The Morgan fingerprint density at radius 1 is 1.28 bits per heavy atom. The van der Waals surface area contributed by atoms with Gasteiger partial charge in [-0.15, -0.1) is 12.4 Å². The summed E-state index contributed by atoms with van der Waals surface area (Å²) >= 11 is 0. The van der Waals surface area contributed by atoms with Crippen LogP contribution in [0.25, 0.3) is 0 Å². The van der Waals surface area contributed by atoms with E-state index in [1.165, 1.54) is 0 Å². The molecule has 6 heteroatoms. The lowest BCUT2D eigenvalue weighted by molar-refractivity contribution is -0.126. The summed E-state index contributed by atoms with van der Waals surface area (Å²) in [4.78, 5) is 22.8. The van der Waals surface area contributed by atoms with Crippen LogP contribution in [0.1, 0.15) is 39.0 Å². The topological polar surface area (TPSA) is 84.2 Å². The molecule has 0 heterocycles. The van der Waals surface area contributed by atoms with Gasteiger partial charge in [-0.25, -0.2) is 0 Å². The summed E-state index contributed by atoms with van der Waals surface area (Å²) in [6.45, 7) is 2.63. The highest BCUT2D eigenvalue weighted by molar-refractivity contribution is 5.85. The molecule has 4 N–H and O–H groups in total. The predicted octanol–water partition coefficient (Wildman–Crippen LogP) is 0.568. The number of hydrogen-bond donors (Lipinski definition) is 3. The third-order valence-electron chi connectivity index (χ3n) is 3.23. The van der Waals surface area contributed by atoms with Crippen LogP contribution in [0.15, 0.2) is 0 Å². The minimum atomic E-state index is -0.111. The minimum Gasteiger partial charge on any atom is -0.352 e. The van der Waals surface area contributed by atoms with E-state index in [2.05, 4.69) is 10.6 Å². The number of carbonyl (C=O) groups excluding carboxylic acids is 2. The summed E-state index contributed by atoms with van der Waals surface area (Å²) in [5.74, 6) is 0.217. The van der Waals surface area contributed by atoms with Crippen molar-refractivity contribution in [2.24, 2.45) is 11.7 Å². The van der Waals surface area contributed by atoms with Gasteiger partial charge in [-0.3, -0.25) is 9.59 Å². The molecule has 2 unspecified atom stereocenters. The first-order valence-corrected chi connectivity index (χ1v) is 6.43. The van der Waals surface area contributed by atoms with Gasteiger partial charge in [0.1, 0.15) is 0 Å². The zero-order valence-corrected chi connectivity index (χ0v) is 11.7. The van der Waals surface area contributed by atoms with Gasteiger partial charge < -0.3 is 16.4 Å². The van der Waals surface area contributed by atoms with E-state index in [9.17, 15) is 9.59 Å². The maximum absolute atomic E-state index is 11.6. The molecule has 0 aromatic heterocycles. The quantitative estimate of drug-likeness (QED) is 0.664. The zero-order chi connectivity index (χ0) is 12.7. The van der Waals surface area contributed by atoms with Crippen molar-refractivity contribution < 1.29 is 9.59 Å². The second-order valence-electron chi connectivity index (χ2n) is 4.63. The lowest BCUT2D eigenvalue weighted by Gasteiger charge is -2.19. The van der Waals surface area contributed by atoms with E-state index >= 15 is 0 Å². The number of amides is 2. The van der Waals surface area contributed by atoms with Gasteiger partial charge >= 0.3 is 0 Å². The molecule has 18 heavy (non-hydrogen) atoms. The zero-order valence-electron chi connectivity index (χ0n) is 10.9. The van der Waals surface area contributed by atoms with Gasteiger partial charge in [-0.05, 0) is 31.7 Å². The van der Waals surface area contributed by atoms with Crippen LogP contribution in [0.2, 0.25) is 0 Å². The Morgan fingerprint density at radius 3 is 2.61 bits per heavy atom. The van der Waals surface area contributed by atoms with Gasteiger partial charge in [0.25, 0.3) is 0 Å². The largest absolute Gasteiger partial charge is 0.352 e. The molecule has 1 fully saturated rings. The third-order valence-corrected chi connectivity index (χ3v) is 3.23. The van der Waals surface area contributed by atoms with Gasteiger partial charge in [-0.1, -0.05) is 13.3 Å². The van der Waals surface area contributed by atoms with Crippen LogP contribution in [-0.4, -0.2) is 30.9 Å². The van der Waals surface area contributed by atoms with Crippen molar-refractivity contribution in [1.82, 2.24) is 10.6 Å². The lowest BCUT2D eigenvalue weighted by Crippen LogP contribution is -2.44. The molecule has 0 bridgehead atoms. The molecule has 1 saturated carbocycles. The molecule has 106 valence electrons. The molecule has 5 nitrogen and oxygen atoms in total. The molecule has 0 radical (unpaired) electrons. The summed E-state index contributed by atoms with van der Waals surface area (Å²) in [5.41, 5.74) is 5.64. The summed E-state index contributed by atoms with van der Waals surface area (Å²) in [6, 6.07) is 0.190. The van der Waals surface area contributed by atoms with Gasteiger partial charge in [0.05, 0.1) is 6.54 Å². The molecule has 1 aliphatic carbocycles. The first-order valence-electron chi connectivity index (χ1n) is 6.43. The highest BCUT2D eigenvalue weighted by Gasteiger charge is 2.27.